The van der Waals surface area contributed by atoms with Crippen molar-refractivity contribution in [1.82, 2.24) is 0 Å². The maximum absolute atomic E-state index is 11.8. The normalized spacial score (nSPS) is 28.4. The van der Waals surface area contributed by atoms with Gasteiger partial charge in [-0.1, -0.05) is 30.7 Å². The predicted molar refractivity (Wildman–Crippen MR) is 85.6 cm³/mol. The molecular weight excluding hydrogens is 282 g/mol. The van der Waals surface area contributed by atoms with Gasteiger partial charge in [0, 0.05) is 6.42 Å². The van der Waals surface area contributed by atoms with Gasteiger partial charge in [0.2, 0.25) is 0 Å². The zero-order valence-electron chi connectivity index (χ0n) is 13.5. The molecule has 0 atom stereocenters. The first kappa shape index (κ1) is 16.1. The van der Waals surface area contributed by atoms with Gasteiger partial charge in [0.25, 0.3) is 0 Å². The molecule has 1 heterocycles. The van der Waals surface area contributed by atoms with Crippen molar-refractivity contribution in [2.75, 3.05) is 6.61 Å². The molecule has 0 radical (unpaired) electrons. The molecule has 2 rings (SSSR count). The molecule has 1 fully saturated rings. The van der Waals surface area contributed by atoms with Crippen molar-refractivity contribution in [3.05, 3.63) is 0 Å². The fourth-order valence-corrected chi connectivity index (χ4v) is 3.28. The number of oxime groups is 1. The smallest absolute Gasteiger partial charge is 0.308 e. The molecule has 0 aromatic carbocycles. The number of carbonyl (C=O) groups is 1. The van der Waals surface area contributed by atoms with E-state index in [2.05, 4.69) is 36.3 Å². The van der Waals surface area contributed by atoms with Gasteiger partial charge in [0.15, 0.2) is 0 Å². The summed E-state index contributed by atoms with van der Waals surface area (Å²) in [6.07, 6.45) is 4.16. The molecule has 0 aromatic heterocycles. The summed E-state index contributed by atoms with van der Waals surface area (Å²) in [5, 5.41) is 4.17. The van der Waals surface area contributed by atoms with E-state index >= 15 is 0 Å². The average Bonchev–Trinajstić information content (AvgIpc) is 2.80. The topological polar surface area (TPSA) is 47.9 Å². The van der Waals surface area contributed by atoms with Crippen LogP contribution in [0, 0.1) is 17.4 Å². The summed E-state index contributed by atoms with van der Waals surface area (Å²) in [6, 6.07) is 0. The third-order valence-corrected chi connectivity index (χ3v) is 4.81. The van der Waals surface area contributed by atoms with Crippen LogP contribution >= 0.6 is 0 Å². The second kappa shape index (κ2) is 6.23. The average molecular weight is 307 g/mol. The van der Waals surface area contributed by atoms with Gasteiger partial charge in [-0.3, -0.25) is 4.79 Å². The van der Waals surface area contributed by atoms with Crippen molar-refractivity contribution in [2.24, 2.45) is 11.1 Å². The molecule has 5 heteroatoms. The number of nitrogens with zero attached hydrogens (tertiary/aromatic N) is 1. The second-order valence-corrected chi connectivity index (χ2v) is 11.8. The Bertz CT molecular complexity index is 488. The van der Waals surface area contributed by atoms with Crippen LogP contribution in [-0.4, -0.2) is 32.0 Å². The molecular formula is C16H25NO3Si. The summed E-state index contributed by atoms with van der Waals surface area (Å²) < 4.78 is 5.10. The Hall–Kier alpha value is -1.28. The van der Waals surface area contributed by atoms with Gasteiger partial charge in [-0.05, 0) is 32.6 Å². The summed E-state index contributed by atoms with van der Waals surface area (Å²) in [6.45, 7) is 8.96. The fourth-order valence-electron chi connectivity index (χ4n) is 2.76. The van der Waals surface area contributed by atoms with Gasteiger partial charge in [-0.2, -0.15) is 0 Å². The molecule has 1 aliphatic carbocycles. The van der Waals surface area contributed by atoms with Crippen LogP contribution in [0.25, 0.3) is 0 Å². The van der Waals surface area contributed by atoms with Gasteiger partial charge >= 0.3 is 5.97 Å². The zero-order chi connectivity index (χ0) is 15.5. The Labute approximate surface area is 128 Å². The van der Waals surface area contributed by atoms with E-state index in [4.69, 9.17) is 9.57 Å². The van der Waals surface area contributed by atoms with E-state index < -0.39 is 8.07 Å². The van der Waals surface area contributed by atoms with Gasteiger partial charge in [0.05, 0.1) is 12.5 Å². The Balaban J connectivity index is 1.88. The molecule has 0 bridgehead atoms. The lowest BCUT2D eigenvalue weighted by Gasteiger charge is -2.33. The van der Waals surface area contributed by atoms with E-state index in [1.165, 1.54) is 0 Å². The van der Waals surface area contributed by atoms with Crippen molar-refractivity contribution in [3.8, 4) is 11.5 Å². The highest BCUT2D eigenvalue weighted by Crippen LogP contribution is 2.40. The molecule has 0 unspecified atom stereocenters. The van der Waals surface area contributed by atoms with E-state index in [9.17, 15) is 4.79 Å². The van der Waals surface area contributed by atoms with Crippen molar-refractivity contribution in [2.45, 2.75) is 64.3 Å². The first-order chi connectivity index (χ1) is 9.84. The number of hydrogen-bond acceptors (Lipinski definition) is 4. The van der Waals surface area contributed by atoms with Gasteiger partial charge in [-0.15, -0.1) is 5.54 Å². The first-order valence-electron chi connectivity index (χ1n) is 7.78. The minimum absolute atomic E-state index is 0.0243. The lowest BCUT2D eigenvalue weighted by atomic mass is 9.76. The van der Waals surface area contributed by atoms with Gasteiger partial charge < -0.3 is 9.57 Å². The van der Waals surface area contributed by atoms with Crippen LogP contribution in [0.3, 0.4) is 0 Å². The number of ether oxygens (including phenoxy) is 1. The Kier molecular flexibility index (Phi) is 4.77. The molecule has 0 saturated heterocycles. The number of carbonyl (C=O) groups excluding carboxylic acids is 1. The monoisotopic (exact) mass is 307 g/mol. The zero-order valence-corrected chi connectivity index (χ0v) is 14.5. The molecule has 1 aliphatic heterocycles. The van der Waals surface area contributed by atoms with E-state index in [0.29, 0.717) is 6.61 Å². The standard InChI is InChI=1S/C16H25NO3Si/c1-5-19-15(18)13-6-9-16(10-7-13)12-14(17-20-16)8-11-21(2,3)4/h13H,5-7,9-10,12H2,1-4H3. The van der Waals surface area contributed by atoms with Crippen molar-refractivity contribution in [1.29, 1.82) is 0 Å². The maximum atomic E-state index is 11.8. The lowest BCUT2D eigenvalue weighted by molar-refractivity contribution is -0.151. The minimum Gasteiger partial charge on any atom is -0.466 e. The van der Waals surface area contributed by atoms with E-state index in [1.807, 2.05) is 6.92 Å². The molecule has 4 nitrogen and oxygen atoms in total. The summed E-state index contributed by atoms with van der Waals surface area (Å²) in [7, 11) is -1.38. The lowest BCUT2D eigenvalue weighted by Crippen LogP contribution is -2.36. The van der Waals surface area contributed by atoms with Crippen molar-refractivity contribution < 1.29 is 14.4 Å². The number of hydrogen-bond donors (Lipinski definition) is 0. The Morgan fingerprint density at radius 3 is 2.67 bits per heavy atom. The van der Waals surface area contributed by atoms with Crippen molar-refractivity contribution >= 4 is 19.8 Å². The van der Waals surface area contributed by atoms with Gasteiger partial charge in [0.1, 0.15) is 19.4 Å². The van der Waals surface area contributed by atoms with Crippen LogP contribution in [0.15, 0.2) is 5.16 Å². The highest BCUT2D eigenvalue weighted by Gasteiger charge is 2.43. The number of esters is 1. The van der Waals surface area contributed by atoms with E-state index in [1.54, 1.807) is 0 Å². The Morgan fingerprint density at radius 2 is 2.10 bits per heavy atom. The SMILES string of the molecule is CCOC(=O)C1CCC2(CC1)CC(C#C[Si](C)(C)C)=NO2. The molecule has 0 N–H and O–H groups in total. The molecule has 2 aliphatic rings. The Morgan fingerprint density at radius 1 is 1.43 bits per heavy atom. The summed E-state index contributed by atoms with van der Waals surface area (Å²) in [5.41, 5.74) is 3.99. The van der Waals surface area contributed by atoms with Gasteiger partial charge in [-0.25, -0.2) is 0 Å². The van der Waals surface area contributed by atoms with Crippen molar-refractivity contribution in [3.63, 3.8) is 0 Å². The predicted octanol–water partition coefficient (Wildman–Crippen LogP) is 3.14. The van der Waals surface area contributed by atoms with Crippen LogP contribution in [0.5, 0.6) is 0 Å². The van der Waals surface area contributed by atoms with Crippen LogP contribution in [0.2, 0.25) is 19.6 Å². The van der Waals surface area contributed by atoms with Crippen LogP contribution in [0.4, 0.5) is 0 Å². The summed E-state index contributed by atoms with van der Waals surface area (Å²) in [4.78, 5) is 17.5. The molecule has 116 valence electrons. The second-order valence-electron chi connectivity index (χ2n) is 7.02. The highest BCUT2D eigenvalue weighted by molar-refractivity contribution is 6.84. The molecule has 1 saturated carbocycles. The maximum Gasteiger partial charge on any atom is 0.308 e. The van der Waals surface area contributed by atoms with Crippen LogP contribution < -0.4 is 0 Å². The quantitative estimate of drug-likeness (QED) is 0.447. The van der Waals surface area contributed by atoms with E-state index in [0.717, 1.165) is 37.8 Å². The highest BCUT2D eigenvalue weighted by atomic mass is 28.3. The van der Waals surface area contributed by atoms with Crippen LogP contribution in [0.1, 0.15) is 39.0 Å². The summed E-state index contributed by atoms with van der Waals surface area (Å²) in [5.74, 6) is 3.15. The molecule has 0 aromatic rings. The first-order valence-corrected chi connectivity index (χ1v) is 11.3. The third-order valence-electron chi connectivity index (χ3n) is 3.94. The molecule has 1 spiro atoms. The molecule has 0 amide bonds. The van der Waals surface area contributed by atoms with Crippen LogP contribution in [-0.2, 0) is 14.4 Å². The fraction of sp³-hybridized carbons (Fsp3) is 0.750. The number of rotatable bonds is 2. The largest absolute Gasteiger partial charge is 0.466 e. The summed E-state index contributed by atoms with van der Waals surface area (Å²) >= 11 is 0. The minimum atomic E-state index is -1.38. The van der Waals surface area contributed by atoms with E-state index in [-0.39, 0.29) is 17.5 Å². The molecule has 21 heavy (non-hydrogen) atoms. The third kappa shape index (κ3) is 4.34.